The second-order valence-electron chi connectivity index (χ2n) is 7.68. The molecule has 1 aromatic heterocycles. The van der Waals surface area contributed by atoms with Crippen LogP contribution >= 0.6 is 0 Å². The van der Waals surface area contributed by atoms with Crippen LogP contribution in [0.4, 0.5) is 4.39 Å². The van der Waals surface area contributed by atoms with Gasteiger partial charge in [0.1, 0.15) is 5.82 Å². The van der Waals surface area contributed by atoms with Crippen molar-refractivity contribution in [2.75, 3.05) is 6.61 Å². The first-order valence-electron chi connectivity index (χ1n) is 10.2. The number of hydrogen-bond acceptors (Lipinski definition) is 4. The van der Waals surface area contributed by atoms with Gasteiger partial charge in [0, 0.05) is 12.5 Å². The zero-order valence-electron chi connectivity index (χ0n) is 16.7. The van der Waals surface area contributed by atoms with Crippen LogP contribution in [0.2, 0.25) is 0 Å². The number of ether oxygens (including phenoxy) is 1. The Bertz CT molecular complexity index is 976. The van der Waals surface area contributed by atoms with E-state index in [1.165, 1.54) is 12.1 Å². The van der Waals surface area contributed by atoms with Crippen molar-refractivity contribution in [3.8, 4) is 0 Å². The maximum atomic E-state index is 13.7. The zero-order valence-corrected chi connectivity index (χ0v) is 16.7. The van der Waals surface area contributed by atoms with E-state index >= 15 is 0 Å². The Labute approximate surface area is 175 Å². The Hall–Kier alpha value is -3.06. The molecule has 4 rings (SSSR count). The number of aromatic nitrogens is 3. The molecule has 156 valence electrons. The van der Waals surface area contributed by atoms with Crippen LogP contribution < -0.4 is 5.32 Å². The molecule has 1 aliphatic rings. The average molecular weight is 408 g/mol. The largest absolute Gasteiger partial charge is 0.373 e. The molecule has 6 nitrogen and oxygen atoms in total. The van der Waals surface area contributed by atoms with Crippen LogP contribution in [-0.4, -0.2) is 33.5 Å². The fourth-order valence-electron chi connectivity index (χ4n) is 3.81. The lowest BCUT2D eigenvalue weighted by Crippen LogP contribution is -2.43. The number of nitrogens with one attached hydrogen (secondary N) is 1. The van der Waals surface area contributed by atoms with Gasteiger partial charge in [0.05, 0.1) is 31.1 Å². The number of aryl methyl sites for hydroxylation is 1. The molecule has 0 fully saturated rings. The highest BCUT2D eigenvalue weighted by molar-refractivity contribution is 5.79. The Morgan fingerprint density at radius 1 is 1.10 bits per heavy atom. The number of benzene rings is 2. The summed E-state index contributed by atoms with van der Waals surface area (Å²) in [5.41, 5.74) is 2.82. The first-order chi connectivity index (χ1) is 14.7. The fourth-order valence-corrected chi connectivity index (χ4v) is 3.81. The summed E-state index contributed by atoms with van der Waals surface area (Å²) in [4.78, 5) is 13.2. The number of halogens is 1. The van der Waals surface area contributed by atoms with Gasteiger partial charge in [-0.2, -0.15) is 0 Å². The lowest BCUT2D eigenvalue weighted by molar-refractivity contribution is -0.126. The number of amides is 1. The molecule has 30 heavy (non-hydrogen) atoms. The van der Waals surface area contributed by atoms with E-state index in [4.69, 9.17) is 4.74 Å². The van der Waals surface area contributed by atoms with Crippen LogP contribution in [0.5, 0.6) is 0 Å². The summed E-state index contributed by atoms with van der Waals surface area (Å²) in [5.74, 6) is -0.647. The monoisotopic (exact) mass is 408 g/mol. The Morgan fingerprint density at radius 2 is 1.93 bits per heavy atom. The topological polar surface area (TPSA) is 69.0 Å². The molecule has 1 amide bonds. The summed E-state index contributed by atoms with van der Waals surface area (Å²) in [7, 11) is 0. The van der Waals surface area contributed by atoms with Crippen LogP contribution in [0.3, 0.4) is 0 Å². The van der Waals surface area contributed by atoms with Crippen molar-refractivity contribution in [1.29, 1.82) is 0 Å². The number of nitrogens with zero attached hydrogens (tertiary/aromatic N) is 3. The van der Waals surface area contributed by atoms with Gasteiger partial charge in [-0.25, -0.2) is 9.07 Å². The van der Waals surface area contributed by atoms with Crippen LogP contribution in [-0.2, 0) is 35.5 Å². The molecular formula is C23H25FN4O2. The number of fused-ring (bicyclic) bond motifs is 1. The van der Waals surface area contributed by atoms with Gasteiger partial charge in [-0.05, 0) is 42.5 Å². The van der Waals surface area contributed by atoms with E-state index in [0.29, 0.717) is 39.0 Å². The third-order valence-corrected chi connectivity index (χ3v) is 5.37. The van der Waals surface area contributed by atoms with Crippen molar-refractivity contribution in [3.63, 3.8) is 0 Å². The van der Waals surface area contributed by atoms with Gasteiger partial charge in [0.25, 0.3) is 0 Å². The first kappa shape index (κ1) is 20.2. The summed E-state index contributed by atoms with van der Waals surface area (Å²) >= 11 is 0. The van der Waals surface area contributed by atoms with E-state index in [2.05, 4.69) is 15.6 Å². The molecule has 0 aliphatic carbocycles. The summed E-state index contributed by atoms with van der Waals surface area (Å²) in [6.07, 6.45) is 3.42. The van der Waals surface area contributed by atoms with Gasteiger partial charge in [-0.3, -0.25) is 4.79 Å². The first-order valence-corrected chi connectivity index (χ1v) is 10.2. The number of carbonyl (C=O) groups excluding carboxylic acids is 1. The third kappa shape index (κ3) is 5.30. The summed E-state index contributed by atoms with van der Waals surface area (Å²) in [5, 5.41) is 11.3. The van der Waals surface area contributed by atoms with Gasteiger partial charge < -0.3 is 10.1 Å². The fraction of sp³-hybridized carbons (Fsp3) is 0.348. The smallest absolute Gasteiger partial charge is 0.223 e. The normalized spacial score (nSPS) is 20.1. The minimum Gasteiger partial charge on any atom is -0.373 e. The van der Waals surface area contributed by atoms with E-state index in [-0.39, 0.29) is 23.7 Å². The predicted octanol–water partition coefficient (Wildman–Crippen LogP) is 2.92. The average Bonchev–Trinajstić information content (AvgIpc) is 3.18. The van der Waals surface area contributed by atoms with E-state index in [0.717, 1.165) is 16.8 Å². The standard InChI is InChI=1S/C23H25FN4O2/c24-20-8-4-7-18(12-20)11-19-9-10-28-22(14-25-27-28)16-30-15-21(26-23(19)29)13-17-5-2-1-3-6-17/h1-8,12,14,19,21H,9-11,13,15-16H2,(H,26,29)/t19-,21-/m1/s1. The molecular weight excluding hydrogens is 383 g/mol. The van der Waals surface area contributed by atoms with Gasteiger partial charge >= 0.3 is 0 Å². The SMILES string of the molecule is O=C1N[C@H](Cc2ccccc2)COCc2cnnn2CC[C@@H]1Cc1cccc(F)c1. The zero-order chi connectivity index (χ0) is 20.8. The maximum Gasteiger partial charge on any atom is 0.223 e. The van der Waals surface area contributed by atoms with Crippen molar-refractivity contribution in [3.05, 3.63) is 83.4 Å². The van der Waals surface area contributed by atoms with Crippen LogP contribution in [0.1, 0.15) is 23.2 Å². The van der Waals surface area contributed by atoms with E-state index in [1.807, 2.05) is 36.4 Å². The molecule has 0 unspecified atom stereocenters. The van der Waals surface area contributed by atoms with Crippen molar-refractivity contribution in [2.45, 2.75) is 38.5 Å². The highest BCUT2D eigenvalue weighted by atomic mass is 19.1. The van der Waals surface area contributed by atoms with Crippen molar-refractivity contribution in [1.82, 2.24) is 20.3 Å². The predicted molar refractivity (Wildman–Crippen MR) is 110 cm³/mol. The second kappa shape index (κ2) is 9.63. The molecule has 0 saturated carbocycles. The molecule has 1 aliphatic heterocycles. The van der Waals surface area contributed by atoms with E-state index in [1.54, 1.807) is 16.9 Å². The maximum absolute atomic E-state index is 13.7. The van der Waals surface area contributed by atoms with Crippen LogP contribution in [0.25, 0.3) is 0 Å². The van der Waals surface area contributed by atoms with Crippen molar-refractivity contribution >= 4 is 5.91 Å². The third-order valence-electron chi connectivity index (χ3n) is 5.37. The molecule has 0 bridgehead atoms. The number of hydrogen-bond donors (Lipinski definition) is 1. The summed E-state index contributed by atoms with van der Waals surface area (Å²) in [6.45, 7) is 1.33. The molecule has 7 heteroatoms. The van der Waals surface area contributed by atoms with Gasteiger partial charge in [0.2, 0.25) is 5.91 Å². The minimum absolute atomic E-state index is 0.0487. The lowest BCUT2D eigenvalue weighted by Gasteiger charge is -2.22. The molecule has 0 radical (unpaired) electrons. The summed E-state index contributed by atoms with van der Waals surface area (Å²) < 4.78 is 21.3. The number of rotatable bonds is 4. The Kier molecular flexibility index (Phi) is 6.49. The quantitative estimate of drug-likeness (QED) is 0.721. The van der Waals surface area contributed by atoms with Crippen LogP contribution in [0, 0.1) is 11.7 Å². The summed E-state index contributed by atoms with van der Waals surface area (Å²) in [6, 6.07) is 16.3. The highest BCUT2D eigenvalue weighted by Gasteiger charge is 2.24. The Morgan fingerprint density at radius 3 is 2.77 bits per heavy atom. The van der Waals surface area contributed by atoms with E-state index in [9.17, 15) is 9.18 Å². The van der Waals surface area contributed by atoms with Crippen LogP contribution in [0.15, 0.2) is 60.8 Å². The lowest BCUT2D eigenvalue weighted by atomic mass is 9.94. The van der Waals surface area contributed by atoms with E-state index < -0.39 is 0 Å². The molecule has 1 N–H and O–H groups in total. The molecule has 0 saturated heterocycles. The Balaban J connectivity index is 1.55. The number of carbonyl (C=O) groups is 1. The van der Waals surface area contributed by atoms with Crippen molar-refractivity contribution < 1.29 is 13.9 Å². The van der Waals surface area contributed by atoms with Crippen molar-refractivity contribution in [2.24, 2.45) is 5.92 Å². The molecule has 2 heterocycles. The minimum atomic E-state index is -0.305. The molecule has 3 aromatic rings. The second-order valence-corrected chi connectivity index (χ2v) is 7.68. The van der Waals surface area contributed by atoms with Gasteiger partial charge in [0.15, 0.2) is 0 Å². The highest BCUT2D eigenvalue weighted by Crippen LogP contribution is 2.17. The molecule has 2 aromatic carbocycles. The van der Waals surface area contributed by atoms with Gasteiger partial charge in [-0.15, -0.1) is 5.10 Å². The van der Waals surface area contributed by atoms with Gasteiger partial charge in [-0.1, -0.05) is 47.7 Å². The molecule has 0 spiro atoms. The molecule has 2 atom stereocenters.